The van der Waals surface area contributed by atoms with Crippen molar-refractivity contribution in [3.05, 3.63) is 71.0 Å². The molecule has 216 valence electrons. The van der Waals surface area contributed by atoms with Crippen molar-refractivity contribution in [2.24, 2.45) is 13.0 Å². The molecule has 5 rings (SSSR count). The van der Waals surface area contributed by atoms with Crippen molar-refractivity contribution < 1.29 is 22.7 Å². The number of benzene rings is 2. The number of hydrogen-bond donors (Lipinski definition) is 1. The van der Waals surface area contributed by atoms with Gasteiger partial charge >= 0.3 is 6.18 Å². The van der Waals surface area contributed by atoms with Gasteiger partial charge in [-0.15, -0.1) is 0 Å². The van der Waals surface area contributed by atoms with Gasteiger partial charge in [-0.2, -0.15) is 13.2 Å². The summed E-state index contributed by atoms with van der Waals surface area (Å²) in [6.07, 6.45) is 1.08. The second-order valence-electron chi connectivity index (χ2n) is 10.5. The lowest BCUT2D eigenvalue weighted by atomic mass is 9.91. The van der Waals surface area contributed by atoms with E-state index in [0.717, 1.165) is 43.9 Å². The molecule has 0 radical (unpaired) electrons. The maximum atomic E-state index is 13.3. The number of pyridine rings is 1. The first kappa shape index (κ1) is 28.9. The van der Waals surface area contributed by atoms with E-state index in [9.17, 15) is 18.0 Å². The van der Waals surface area contributed by atoms with Crippen LogP contribution in [0.15, 0.2) is 54.7 Å². The molecule has 2 aromatic carbocycles. The summed E-state index contributed by atoms with van der Waals surface area (Å²) >= 11 is 5.74. The monoisotopic (exact) mass is 585 g/mol. The van der Waals surface area contributed by atoms with E-state index in [4.69, 9.17) is 16.3 Å². The lowest BCUT2D eigenvalue weighted by Crippen LogP contribution is -2.30. The molecule has 1 aliphatic heterocycles. The third kappa shape index (κ3) is 7.18. The van der Waals surface area contributed by atoms with Crippen LogP contribution in [-0.2, 0) is 24.4 Å². The predicted molar refractivity (Wildman–Crippen MR) is 153 cm³/mol. The number of aromatic nitrogens is 3. The van der Waals surface area contributed by atoms with Crippen LogP contribution in [0.5, 0.6) is 11.5 Å². The largest absolute Gasteiger partial charge is 0.457 e. The number of rotatable bonds is 9. The fraction of sp³-hybridized carbons (Fsp3) is 0.367. The predicted octanol–water partition coefficient (Wildman–Crippen LogP) is 7.41. The molecule has 0 spiro atoms. The Bertz CT molecular complexity index is 1550. The number of likely N-dealkylation sites (tertiary alicyclic amines) is 1. The summed E-state index contributed by atoms with van der Waals surface area (Å²) in [5.74, 6) is 2.22. The van der Waals surface area contributed by atoms with Crippen LogP contribution in [0.25, 0.3) is 11.0 Å². The van der Waals surface area contributed by atoms with Crippen LogP contribution in [0, 0.1) is 5.92 Å². The first-order valence-electron chi connectivity index (χ1n) is 13.5. The van der Waals surface area contributed by atoms with E-state index in [1.54, 1.807) is 42.1 Å². The van der Waals surface area contributed by atoms with Gasteiger partial charge in [0.25, 0.3) is 0 Å². The van der Waals surface area contributed by atoms with Gasteiger partial charge in [0.15, 0.2) is 0 Å². The van der Waals surface area contributed by atoms with Gasteiger partial charge in [0.1, 0.15) is 17.3 Å². The lowest BCUT2D eigenvalue weighted by Gasteiger charge is -2.28. The topological polar surface area (TPSA) is 72.3 Å². The van der Waals surface area contributed by atoms with E-state index in [0.29, 0.717) is 41.0 Å². The number of piperidine rings is 1. The molecule has 0 bridgehead atoms. The standard InChI is InChI=1S/C30H31ClF3N5O2/c1-38-13-10-19(11-14-38)3-5-22(40)15-21-16-24(9-12-35-21)41-23-6-8-28-27(18-23)37-29(39(28)2)36-20-4-7-26(31)25(17-20)30(32,33)34/h4,6-9,12,16-19H,3,5,10-11,13-15H2,1-2H3,(H,36,37). The Labute approximate surface area is 241 Å². The highest BCUT2D eigenvalue weighted by Crippen LogP contribution is 2.37. The summed E-state index contributed by atoms with van der Waals surface area (Å²) < 4.78 is 47.6. The van der Waals surface area contributed by atoms with Crippen molar-refractivity contribution >= 4 is 40.1 Å². The van der Waals surface area contributed by atoms with Crippen LogP contribution in [0.4, 0.5) is 24.8 Å². The number of carbonyl (C=O) groups excluding carboxylic acids is 1. The fourth-order valence-electron chi connectivity index (χ4n) is 5.06. The minimum atomic E-state index is -4.57. The van der Waals surface area contributed by atoms with Gasteiger partial charge in [-0.3, -0.25) is 9.78 Å². The van der Waals surface area contributed by atoms with Crippen molar-refractivity contribution in [3.8, 4) is 11.5 Å². The van der Waals surface area contributed by atoms with Crippen LogP contribution >= 0.6 is 11.6 Å². The summed E-state index contributed by atoms with van der Waals surface area (Å²) in [6.45, 7) is 2.18. The van der Waals surface area contributed by atoms with Crippen molar-refractivity contribution in [1.82, 2.24) is 19.4 Å². The zero-order valence-corrected chi connectivity index (χ0v) is 23.6. The molecule has 0 unspecified atom stereocenters. The molecule has 7 nitrogen and oxygen atoms in total. The molecule has 0 saturated carbocycles. The smallest absolute Gasteiger partial charge is 0.417 e. The Morgan fingerprint density at radius 3 is 2.59 bits per heavy atom. The van der Waals surface area contributed by atoms with Gasteiger partial charge in [-0.1, -0.05) is 11.6 Å². The Balaban J connectivity index is 1.24. The van der Waals surface area contributed by atoms with Gasteiger partial charge in [0, 0.05) is 43.9 Å². The average Bonchev–Trinajstić information content (AvgIpc) is 3.23. The summed E-state index contributed by atoms with van der Waals surface area (Å²) in [6, 6.07) is 12.5. The highest BCUT2D eigenvalue weighted by molar-refractivity contribution is 6.31. The summed E-state index contributed by atoms with van der Waals surface area (Å²) in [7, 11) is 3.89. The number of carbonyl (C=O) groups is 1. The number of imidazole rings is 1. The number of alkyl halides is 3. The Morgan fingerprint density at radius 1 is 1.07 bits per heavy atom. The van der Waals surface area contributed by atoms with Crippen LogP contribution in [-0.4, -0.2) is 45.4 Å². The zero-order chi connectivity index (χ0) is 29.1. The third-order valence-electron chi connectivity index (χ3n) is 7.45. The summed E-state index contributed by atoms with van der Waals surface area (Å²) in [5.41, 5.74) is 1.30. The number of halogens is 4. The molecule has 11 heteroatoms. The second-order valence-corrected chi connectivity index (χ2v) is 11.0. The van der Waals surface area contributed by atoms with Crippen molar-refractivity contribution in [3.63, 3.8) is 0 Å². The van der Waals surface area contributed by atoms with Crippen LogP contribution < -0.4 is 10.1 Å². The van der Waals surface area contributed by atoms with E-state index in [-0.39, 0.29) is 22.9 Å². The molecule has 1 fully saturated rings. The molecule has 0 amide bonds. The maximum Gasteiger partial charge on any atom is 0.417 e. The van der Waals surface area contributed by atoms with Crippen molar-refractivity contribution in [2.45, 2.75) is 38.3 Å². The van der Waals surface area contributed by atoms with Gasteiger partial charge in [0.05, 0.1) is 27.3 Å². The molecule has 0 atom stereocenters. The SMILES string of the molecule is CN1CCC(CCC(=O)Cc2cc(Oc3ccc4c(c3)nc(Nc3ccc(Cl)c(C(F)(F)F)c3)n4C)ccn2)CC1. The van der Waals surface area contributed by atoms with E-state index >= 15 is 0 Å². The van der Waals surface area contributed by atoms with E-state index in [1.165, 1.54) is 12.1 Å². The van der Waals surface area contributed by atoms with Gasteiger partial charge < -0.3 is 19.5 Å². The highest BCUT2D eigenvalue weighted by Gasteiger charge is 2.33. The molecule has 1 aliphatic rings. The fourth-order valence-corrected chi connectivity index (χ4v) is 5.29. The van der Waals surface area contributed by atoms with Gasteiger partial charge in [-0.25, -0.2) is 4.98 Å². The zero-order valence-electron chi connectivity index (χ0n) is 22.8. The Morgan fingerprint density at radius 2 is 1.83 bits per heavy atom. The number of nitrogens with one attached hydrogen (secondary N) is 1. The maximum absolute atomic E-state index is 13.3. The van der Waals surface area contributed by atoms with Gasteiger partial charge in [0.2, 0.25) is 5.95 Å². The number of nitrogens with zero attached hydrogens (tertiary/aromatic N) is 4. The molecule has 41 heavy (non-hydrogen) atoms. The second kappa shape index (κ2) is 12.1. The summed E-state index contributed by atoms with van der Waals surface area (Å²) in [4.78, 5) is 23.8. The van der Waals surface area contributed by atoms with Crippen molar-refractivity contribution in [2.75, 3.05) is 25.5 Å². The van der Waals surface area contributed by atoms with E-state index < -0.39 is 11.7 Å². The number of Topliss-reactive ketones (excluding diaryl/α,β-unsaturated/α-hetero) is 1. The average molecular weight is 586 g/mol. The molecule has 0 aliphatic carbocycles. The van der Waals surface area contributed by atoms with Crippen LogP contribution in [0.2, 0.25) is 5.02 Å². The Kier molecular flexibility index (Phi) is 8.51. The minimum Gasteiger partial charge on any atom is -0.457 e. The molecule has 1 N–H and O–H groups in total. The van der Waals surface area contributed by atoms with E-state index in [2.05, 4.69) is 27.2 Å². The normalized spacial score (nSPS) is 14.9. The Hall–Kier alpha value is -3.63. The number of ketones is 1. The quantitative estimate of drug-likeness (QED) is 0.220. The highest BCUT2D eigenvalue weighted by atomic mass is 35.5. The molecule has 3 heterocycles. The number of fused-ring (bicyclic) bond motifs is 1. The number of hydrogen-bond acceptors (Lipinski definition) is 6. The molecular formula is C30H31ClF3N5O2. The number of aryl methyl sites for hydroxylation is 1. The van der Waals surface area contributed by atoms with Crippen LogP contribution in [0.3, 0.4) is 0 Å². The lowest BCUT2D eigenvalue weighted by molar-refractivity contribution is -0.137. The molecule has 2 aromatic heterocycles. The van der Waals surface area contributed by atoms with Crippen LogP contribution in [0.1, 0.15) is 36.9 Å². The molecule has 1 saturated heterocycles. The number of ether oxygens (including phenoxy) is 1. The van der Waals surface area contributed by atoms with Gasteiger partial charge in [-0.05, 0) is 81.7 Å². The minimum absolute atomic E-state index is 0.173. The van der Waals surface area contributed by atoms with E-state index in [1.807, 2.05) is 6.07 Å². The molecular weight excluding hydrogens is 555 g/mol. The third-order valence-corrected chi connectivity index (χ3v) is 7.78. The summed E-state index contributed by atoms with van der Waals surface area (Å²) in [5, 5.41) is 2.57. The first-order valence-corrected chi connectivity index (χ1v) is 13.9. The first-order chi connectivity index (χ1) is 19.5. The number of anilines is 2. The molecule has 4 aromatic rings. The van der Waals surface area contributed by atoms with Crippen molar-refractivity contribution in [1.29, 1.82) is 0 Å².